The largest absolute Gasteiger partial charge is 0.469 e. The van der Waals surface area contributed by atoms with E-state index in [0.29, 0.717) is 38.0 Å². The zero-order chi connectivity index (χ0) is 23.3. The Morgan fingerprint density at radius 3 is 2.25 bits per heavy atom. The molecule has 0 atom stereocenters. The summed E-state index contributed by atoms with van der Waals surface area (Å²) in [6.45, 7) is 1.64. The second-order valence-corrected chi connectivity index (χ2v) is 9.57. The van der Waals surface area contributed by atoms with Crippen LogP contribution in [0, 0.1) is 17.5 Å². The molecule has 6 nitrogen and oxygen atoms in total. The van der Waals surface area contributed by atoms with Crippen LogP contribution in [0.25, 0.3) is 0 Å². The highest BCUT2D eigenvalue weighted by atomic mass is 32.2. The molecule has 1 aliphatic heterocycles. The highest BCUT2D eigenvalue weighted by molar-refractivity contribution is 7.89. The average molecular weight is 471 g/mol. The van der Waals surface area contributed by atoms with Crippen molar-refractivity contribution >= 4 is 16.0 Å². The first kappa shape index (κ1) is 24.2. The van der Waals surface area contributed by atoms with Gasteiger partial charge in [-0.05, 0) is 54.8 Å². The molecular weight excluding hydrogens is 445 g/mol. The number of sulfonamides is 1. The van der Waals surface area contributed by atoms with Crippen LogP contribution in [0.1, 0.15) is 24.0 Å². The number of aryl methyl sites for hydroxylation is 1. The summed E-state index contributed by atoms with van der Waals surface area (Å²) in [5.41, 5.74) is 1.12. The van der Waals surface area contributed by atoms with Gasteiger partial charge in [-0.2, -0.15) is 4.31 Å². The Labute approximate surface area is 185 Å². The van der Waals surface area contributed by atoms with E-state index in [1.54, 1.807) is 12.1 Å². The van der Waals surface area contributed by atoms with Crippen molar-refractivity contribution in [2.24, 2.45) is 0 Å². The van der Waals surface area contributed by atoms with Crippen molar-refractivity contribution in [3.8, 4) is 0 Å². The van der Waals surface area contributed by atoms with Crippen LogP contribution in [0.15, 0.2) is 41.3 Å². The maximum atomic E-state index is 13.5. The minimum atomic E-state index is -3.71. The summed E-state index contributed by atoms with van der Waals surface area (Å²) in [6.07, 6.45) is 1.21. The molecule has 2 aromatic carbocycles. The van der Waals surface area contributed by atoms with Crippen LogP contribution in [-0.2, 0) is 32.5 Å². The van der Waals surface area contributed by atoms with Gasteiger partial charge in [0.15, 0.2) is 17.5 Å². The number of nitrogens with zero attached hydrogens (tertiary/aromatic N) is 2. The van der Waals surface area contributed by atoms with Gasteiger partial charge < -0.3 is 4.74 Å². The second kappa shape index (κ2) is 10.5. The van der Waals surface area contributed by atoms with Gasteiger partial charge in [0.05, 0.1) is 12.0 Å². The smallest absolute Gasteiger partial charge is 0.305 e. The van der Waals surface area contributed by atoms with Crippen LogP contribution in [0.3, 0.4) is 0 Å². The van der Waals surface area contributed by atoms with Gasteiger partial charge >= 0.3 is 5.97 Å². The van der Waals surface area contributed by atoms with E-state index in [0.717, 1.165) is 17.7 Å². The molecule has 0 aromatic heterocycles. The normalized spacial score (nSPS) is 16.0. The molecular formula is C22H25F3N2O4S. The standard InChI is InChI=1S/C22H25F3N2O4S/c1-31-21(28)8-5-16-3-6-18(7-4-16)32(29,30)27-10-2-9-26(11-12-27)15-17-13-19(23)22(25)20(24)14-17/h3-4,6-7,13-14H,2,5,8-12,15H2,1H3. The second-order valence-electron chi connectivity index (χ2n) is 7.63. The fraction of sp³-hybridized carbons (Fsp3) is 0.409. The topological polar surface area (TPSA) is 66.9 Å². The minimum Gasteiger partial charge on any atom is -0.469 e. The first-order valence-electron chi connectivity index (χ1n) is 10.2. The third-order valence-electron chi connectivity index (χ3n) is 5.40. The van der Waals surface area contributed by atoms with Gasteiger partial charge in [0.2, 0.25) is 10.0 Å². The molecule has 0 unspecified atom stereocenters. The summed E-state index contributed by atoms with van der Waals surface area (Å²) in [5.74, 6) is -4.32. The zero-order valence-electron chi connectivity index (χ0n) is 17.7. The summed E-state index contributed by atoms with van der Waals surface area (Å²) in [5, 5.41) is 0. The van der Waals surface area contributed by atoms with Gasteiger partial charge in [0, 0.05) is 32.6 Å². The molecule has 0 aliphatic carbocycles. The van der Waals surface area contributed by atoms with Crippen molar-refractivity contribution in [1.82, 2.24) is 9.21 Å². The molecule has 0 N–H and O–H groups in total. The molecule has 32 heavy (non-hydrogen) atoms. The molecule has 1 saturated heterocycles. The number of benzene rings is 2. The van der Waals surface area contributed by atoms with E-state index in [-0.39, 0.29) is 30.4 Å². The van der Waals surface area contributed by atoms with Gasteiger partial charge in [0.25, 0.3) is 0 Å². The van der Waals surface area contributed by atoms with E-state index < -0.39 is 27.5 Å². The first-order valence-corrected chi connectivity index (χ1v) is 11.7. The molecule has 0 bridgehead atoms. The van der Waals surface area contributed by atoms with E-state index in [4.69, 9.17) is 0 Å². The van der Waals surface area contributed by atoms with Crippen LogP contribution in [0.5, 0.6) is 0 Å². The molecule has 1 aliphatic rings. The number of esters is 1. The van der Waals surface area contributed by atoms with Gasteiger partial charge in [0.1, 0.15) is 0 Å². The summed E-state index contributed by atoms with van der Waals surface area (Å²) in [6, 6.07) is 8.32. The molecule has 3 rings (SSSR count). The number of hydrogen-bond donors (Lipinski definition) is 0. The minimum absolute atomic E-state index is 0.162. The summed E-state index contributed by atoms with van der Waals surface area (Å²) < 4.78 is 72.2. The number of hydrogen-bond acceptors (Lipinski definition) is 5. The highest BCUT2D eigenvalue weighted by Crippen LogP contribution is 2.21. The maximum Gasteiger partial charge on any atom is 0.305 e. The quantitative estimate of drug-likeness (QED) is 0.460. The maximum absolute atomic E-state index is 13.5. The van der Waals surface area contributed by atoms with Crippen LogP contribution < -0.4 is 0 Å². The van der Waals surface area contributed by atoms with Crippen molar-refractivity contribution in [3.05, 3.63) is 65.0 Å². The Hall–Kier alpha value is -2.43. The fourth-order valence-electron chi connectivity index (χ4n) is 3.63. The molecule has 174 valence electrons. The Morgan fingerprint density at radius 2 is 1.62 bits per heavy atom. The number of halogens is 3. The lowest BCUT2D eigenvalue weighted by Crippen LogP contribution is -2.35. The number of carbonyl (C=O) groups excluding carboxylic acids is 1. The van der Waals surface area contributed by atoms with Crippen molar-refractivity contribution in [2.75, 3.05) is 33.3 Å². The third kappa shape index (κ3) is 5.87. The van der Waals surface area contributed by atoms with E-state index >= 15 is 0 Å². The van der Waals surface area contributed by atoms with Gasteiger partial charge in [-0.25, -0.2) is 21.6 Å². The third-order valence-corrected chi connectivity index (χ3v) is 7.32. The monoisotopic (exact) mass is 470 g/mol. The molecule has 10 heteroatoms. The zero-order valence-corrected chi connectivity index (χ0v) is 18.5. The Kier molecular flexibility index (Phi) is 7.91. The van der Waals surface area contributed by atoms with Crippen molar-refractivity contribution in [1.29, 1.82) is 0 Å². The predicted octanol–water partition coefficient (Wildman–Crippen LogP) is 3.11. The van der Waals surface area contributed by atoms with Crippen molar-refractivity contribution in [3.63, 3.8) is 0 Å². The molecule has 1 heterocycles. The van der Waals surface area contributed by atoms with Crippen LogP contribution in [0.2, 0.25) is 0 Å². The lowest BCUT2D eigenvalue weighted by Gasteiger charge is -2.22. The SMILES string of the molecule is COC(=O)CCc1ccc(S(=O)(=O)N2CCCN(Cc3cc(F)c(F)c(F)c3)CC2)cc1. The van der Waals surface area contributed by atoms with E-state index in [1.165, 1.54) is 23.5 Å². The lowest BCUT2D eigenvalue weighted by molar-refractivity contribution is -0.140. The molecule has 2 aromatic rings. The fourth-order valence-corrected chi connectivity index (χ4v) is 5.10. The summed E-state index contributed by atoms with van der Waals surface area (Å²) in [7, 11) is -2.39. The molecule has 1 fully saturated rings. The van der Waals surface area contributed by atoms with E-state index in [2.05, 4.69) is 4.74 Å². The Balaban J connectivity index is 1.63. The number of ether oxygens (including phenoxy) is 1. The predicted molar refractivity (Wildman–Crippen MR) is 112 cm³/mol. The van der Waals surface area contributed by atoms with Crippen molar-refractivity contribution < 1.29 is 31.1 Å². The van der Waals surface area contributed by atoms with Crippen LogP contribution >= 0.6 is 0 Å². The van der Waals surface area contributed by atoms with Gasteiger partial charge in [-0.1, -0.05) is 12.1 Å². The van der Waals surface area contributed by atoms with Gasteiger partial charge in [-0.15, -0.1) is 0 Å². The average Bonchev–Trinajstić information content (AvgIpc) is 3.02. The number of rotatable bonds is 7. The Bertz CT molecular complexity index is 1040. The first-order chi connectivity index (χ1) is 15.2. The lowest BCUT2D eigenvalue weighted by atomic mass is 10.1. The summed E-state index contributed by atoms with van der Waals surface area (Å²) in [4.78, 5) is 13.3. The van der Waals surface area contributed by atoms with Crippen LogP contribution in [-0.4, -0.2) is 56.9 Å². The Morgan fingerprint density at radius 1 is 0.969 bits per heavy atom. The molecule has 0 radical (unpaired) electrons. The number of carbonyl (C=O) groups is 1. The molecule has 0 amide bonds. The molecule has 0 spiro atoms. The molecule has 0 saturated carbocycles. The van der Waals surface area contributed by atoms with E-state index in [9.17, 15) is 26.4 Å². The van der Waals surface area contributed by atoms with E-state index in [1.807, 2.05) is 4.90 Å². The van der Waals surface area contributed by atoms with Crippen molar-refractivity contribution in [2.45, 2.75) is 30.7 Å². The van der Waals surface area contributed by atoms with Crippen LogP contribution in [0.4, 0.5) is 13.2 Å². The summed E-state index contributed by atoms with van der Waals surface area (Å²) >= 11 is 0. The highest BCUT2D eigenvalue weighted by Gasteiger charge is 2.27. The van der Waals surface area contributed by atoms with Gasteiger partial charge in [-0.3, -0.25) is 9.69 Å². The number of methoxy groups -OCH3 is 1.